The van der Waals surface area contributed by atoms with Crippen LogP contribution in [0.1, 0.15) is 208 Å². The largest absolute Gasteiger partial charge is 0.507 e. The number of hydrogen-bond donors (Lipinski definition) is 2. The van der Waals surface area contributed by atoms with Gasteiger partial charge in [-0.1, -0.05) is 213 Å². The third-order valence-corrected chi connectivity index (χ3v) is 16.6. The van der Waals surface area contributed by atoms with Gasteiger partial charge in [0.25, 0.3) is 0 Å². The molecule has 0 radical (unpaired) electrons. The number of benzene rings is 6. The summed E-state index contributed by atoms with van der Waals surface area (Å²) < 4.78 is 0. The molecule has 0 bridgehead atoms. The van der Waals surface area contributed by atoms with Crippen LogP contribution in [0.4, 0.5) is 11.4 Å². The van der Waals surface area contributed by atoms with Crippen LogP contribution in [0.25, 0.3) is 44.8 Å². The summed E-state index contributed by atoms with van der Waals surface area (Å²) >= 11 is 0. The van der Waals surface area contributed by atoms with Crippen LogP contribution in [-0.2, 0) is 43.3 Å². The van der Waals surface area contributed by atoms with Crippen molar-refractivity contribution in [3.63, 3.8) is 0 Å². The number of fused-ring (bicyclic) bond motifs is 2. The number of para-hydroxylation sites is 2. The van der Waals surface area contributed by atoms with E-state index in [1.165, 1.54) is 22.3 Å². The number of nitrogens with zero attached hydrogens (tertiary/aromatic N) is 4. The van der Waals surface area contributed by atoms with Crippen LogP contribution in [-0.4, -0.2) is 31.6 Å². The summed E-state index contributed by atoms with van der Waals surface area (Å²) in [5.41, 5.74) is 19.8. The fourth-order valence-electron chi connectivity index (χ4n) is 11.4. The number of aliphatic imine (C=N–C) groups is 2. The Morgan fingerprint density at radius 2 is 0.667 bits per heavy atom. The maximum absolute atomic E-state index is 12.2. The lowest BCUT2D eigenvalue weighted by Gasteiger charge is -2.30. The number of hydrogen-bond acceptors (Lipinski definition) is 6. The zero-order valence-electron chi connectivity index (χ0n) is 51.1. The lowest BCUT2D eigenvalue weighted by molar-refractivity contribution is 0.442. The molecule has 6 heteroatoms. The zero-order valence-corrected chi connectivity index (χ0v) is 51.1. The first-order chi connectivity index (χ1) is 35.8. The average Bonchev–Trinajstić information content (AvgIpc) is 3.76. The number of phenols is 2. The van der Waals surface area contributed by atoms with E-state index in [1.807, 2.05) is 0 Å². The Morgan fingerprint density at radius 3 is 0.987 bits per heavy atom. The highest BCUT2D eigenvalue weighted by molar-refractivity contribution is 6.16. The van der Waals surface area contributed by atoms with Crippen molar-refractivity contribution < 1.29 is 10.2 Å². The summed E-state index contributed by atoms with van der Waals surface area (Å²) in [7, 11) is 0. The van der Waals surface area contributed by atoms with Gasteiger partial charge in [0.05, 0.1) is 34.2 Å². The summed E-state index contributed by atoms with van der Waals surface area (Å²) in [6.45, 7) is 48.9. The fourth-order valence-corrected chi connectivity index (χ4v) is 11.4. The van der Waals surface area contributed by atoms with Crippen LogP contribution in [0, 0.1) is 0 Å². The smallest absolute Gasteiger partial charge is 0.128 e. The molecule has 0 saturated heterocycles. The van der Waals surface area contributed by atoms with Crippen molar-refractivity contribution in [1.82, 2.24) is 9.97 Å². The molecule has 406 valence electrons. The average molecular weight is 1040 g/mol. The maximum Gasteiger partial charge on any atom is 0.128 e. The fraction of sp³-hybridized carbons (Fsp3) is 0.417. The van der Waals surface area contributed by atoms with Gasteiger partial charge in [-0.05, 0) is 119 Å². The Labute approximate surface area is 467 Å². The summed E-state index contributed by atoms with van der Waals surface area (Å²) in [4.78, 5) is 21.1. The molecule has 0 spiro atoms. The molecule has 2 N–H and O–H groups in total. The minimum absolute atomic E-state index is 0.130. The highest BCUT2D eigenvalue weighted by Crippen LogP contribution is 2.53. The molecule has 3 heterocycles. The second kappa shape index (κ2) is 18.5. The Hall–Kier alpha value is -6.66. The second-order valence-electron chi connectivity index (χ2n) is 29.8. The number of aromatic hydroxyl groups is 2. The maximum atomic E-state index is 12.2. The van der Waals surface area contributed by atoms with Gasteiger partial charge in [0, 0.05) is 55.3 Å². The Bertz CT molecular complexity index is 3400. The molecule has 2 aliphatic rings. The van der Waals surface area contributed by atoms with Crippen LogP contribution in [0.2, 0.25) is 0 Å². The standard InChI is InChI=1S/C72H86N4O2/c1-65(2,3)45-31-41(49-25-23-27-53-59(49)75-63(71(53,19)20)51-35-47(67(7,8)9)37-55(61(51)77)69(13,14)15)29-43(33-45)57-39-58(74-40-73-57)44-30-42(32-46(34-44)66(4,5)6)50-26-24-28-54-60(50)76-64(72(54,21)22)52-36-48(68(10,11)12)38-56(62(52)78)70(16,17)18/h23-40,77-78H,1-22H3. The predicted molar refractivity (Wildman–Crippen MR) is 331 cm³/mol. The first kappa shape index (κ1) is 56.1. The molecule has 0 amide bonds. The molecule has 0 unspecified atom stereocenters. The first-order valence-electron chi connectivity index (χ1n) is 28.1. The van der Waals surface area contributed by atoms with Crippen LogP contribution in [0.3, 0.4) is 0 Å². The van der Waals surface area contributed by atoms with Gasteiger partial charge in [0.1, 0.15) is 17.8 Å². The molecule has 0 aliphatic carbocycles. The van der Waals surface area contributed by atoms with Crippen molar-refractivity contribution in [3.8, 4) is 56.3 Å². The lowest BCUT2D eigenvalue weighted by atomic mass is 9.74. The normalized spacial score (nSPS) is 15.5. The summed E-state index contributed by atoms with van der Waals surface area (Å²) in [5.74, 6) is 0.614. The van der Waals surface area contributed by atoms with E-state index in [4.69, 9.17) is 20.0 Å². The number of rotatable bonds is 6. The number of phenolic OH excluding ortho intramolecular Hbond substituents is 2. The van der Waals surface area contributed by atoms with E-state index in [-0.39, 0.29) is 32.5 Å². The molecule has 78 heavy (non-hydrogen) atoms. The van der Waals surface area contributed by atoms with E-state index < -0.39 is 10.8 Å². The highest BCUT2D eigenvalue weighted by atomic mass is 16.3. The molecule has 1 aromatic heterocycles. The third kappa shape index (κ3) is 10.1. The molecular formula is C72H86N4O2. The highest BCUT2D eigenvalue weighted by Gasteiger charge is 2.42. The van der Waals surface area contributed by atoms with Gasteiger partial charge in [0.2, 0.25) is 0 Å². The molecule has 0 atom stereocenters. The van der Waals surface area contributed by atoms with Crippen molar-refractivity contribution in [2.75, 3.05) is 0 Å². The van der Waals surface area contributed by atoms with E-state index in [0.717, 1.165) is 101 Å². The Morgan fingerprint density at radius 1 is 0.346 bits per heavy atom. The van der Waals surface area contributed by atoms with Crippen molar-refractivity contribution >= 4 is 22.8 Å². The van der Waals surface area contributed by atoms with Gasteiger partial charge >= 0.3 is 0 Å². The first-order valence-corrected chi connectivity index (χ1v) is 28.1. The molecule has 9 rings (SSSR count). The summed E-state index contributed by atoms with van der Waals surface area (Å²) in [6.07, 6.45) is 1.70. The molecule has 0 fully saturated rings. The van der Waals surface area contributed by atoms with Gasteiger partial charge in [-0.2, -0.15) is 0 Å². The van der Waals surface area contributed by atoms with Gasteiger partial charge in [-0.3, -0.25) is 9.98 Å². The van der Waals surface area contributed by atoms with Crippen molar-refractivity contribution in [2.24, 2.45) is 9.98 Å². The lowest BCUT2D eigenvalue weighted by Crippen LogP contribution is -2.28. The van der Waals surface area contributed by atoms with Gasteiger partial charge in [-0.25, -0.2) is 9.97 Å². The Balaban J connectivity index is 1.18. The van der Waals surface area contributed by atoms with Crippen molar-refractivity contribution in [2.45, 2.75) is 196 Å². The van der Waals surface area contributed by atoms with Crippen LogP contribution < -0.4 is 0 Å². The molecular weight excluding hydrogens is 953 g/mol. The van der Waals surface area contributed by atoms with E-state index in [2.05, 4.69) is 255 Å². The van der Waals surface area contributed by atoms with E-state index in [0.29, 0.717) is 11.5 Å². The van der Waals surface area contributed by atoms with Gasteiger partial charge in [-0.15, -0.1) is 0 Å². The second-order valence-corrected chi connectivity index (χ2v) is 29.8. The summed E-state index contributed by atoms with van der Waals surface area (Å²) in [6, 6.07) is 37.6. The molecule has 6 nitrogen and oxygen atoms in total. The molecule has 6 aromatic carbocycles. The van der Waals surface area contributed by atoms with Crippen molar-refractivity contribution in [1.29, 1.82) is 0 Å². The van der Waals surface area contributed by atoms with Gasteiger partial charge < -0.3 is 10.2 Å². The minimum Gasteiger partial charge on any atom is -0.507 e. The number of aromatic nitrogens is 2. The molecule has 7 aromatic rings. The van der Waals surface area contributed by atoms with Crippen LogP contribution >= 0.6 is 0 Å². The van der Waals surface area contributed by atoms with E-state index in [1.54, 1.807) is 6.33 Å². The molecule has 2 aliphatic heterocycles. The van der Waals surface area contributed by atoms with Crippen LogP contribution in [0.5, 0.6) is 11.5 Å². The van der Waals surface area contributed by atoms with E-state index in [9.17, 15) is 10.2 Å². The van der Waals surface area contributed by atoms with E-state index >= 15 is 0 Å². The SMILES string of the molecule is CC(C)(C)c1cc(-c2cc(-c3cc(-c4cccc5c4N=C(c4cc(C(C)(C)C)cc(C(C)(C)C)c4O)C5(C)C)cc(C(C)(C)C)c3)ncn2)cc(-c2cccc3c2N=C(c2cc(C(C)(C)C)cc(C(C)(C)C)c2O)C3(C)C)c1. The van der Waals surface area contributed by atoms with Crippen LogP contribution in [0.15, 0.2) is 119 Å². The third-order valence-electron chi connectivity index (χ3n) is 16.6. The topological polar surface area (TPSA) is 91.0 Å². The predicted octanol–water partition coefficient (Wildman–Crippen LogP) is 19.2. The quantitative estimate of drug-likeness (QED) is 0.174. The van der Waals surface area contributed by atoms with Crippen molar-refractivity contribution in [3.05, 3.63) is 165 Å². The molecule has 0 saturated carbocycles. The Kier molecular flexibility index (Phi) is 13.3. The summed E-state index contributed by atoms with van der Waals surface area (Å²) in [5, 5.41) is 24.3. The van der Waals surface area contributed by atoms with Gasteiger partial charge in [0.15, 0.2) is 0 Å². The minimum atomic E-state index is -0.483. The monoisotopic (exact) mass is 1040 g/mol. The zero-order chi connectivity index (χ0) is 57.4.